The van der Waals surface area contributed by atoms with Crippen molar-refractivity contribution in [3.8, 4) is 0 Å². The lowest BCUT2D eigenvalue weighted by Gasteiger charge is -2.23. The van der Waals surface area contributed by atoms with Crippen molar-refractivity contribution in [2.24, 2.45) is 0 Å². The first kappa shape index (κ1) is 24.7. The quantitative estimate of drug-likeness (QED) is 0.380. The van der Waals surface area contributed by atoms with Crippen molar-refractivity contribution in [3.05, 3.63) is 98.4 Å². The van der Waals surface area contributed by atoms with E-state index in [0.717, 1.165) is 14.3 Å². The maximum atomic E-state index is 13.3. The molecular formula is C23H21BrCl2N2O3S. The summed E-state index contributed by atoms with van der Waals surface area (Å²) in [5, 5.41) is 3.78. The highest BCUT2D eigenvalue weighted by Gasteiger charge is 2.27. The van der Waals surface area contributed by atoms with Gasteiger partial charge in [0, 0.05) is 21.1 Å². The highest BCUT2D eigenvalue weighted by atomic mass is 79.9. The molecule has 32 heavy (non-hydrogen) atoms. The van der Waals surface area contributed by atoms with Crippen LogP contribution in [0.15, 0.2) is 82.2 Å². The van der Waals surface area contributed by atoms with Crippen LogP contribution in [0.3, 0.4) is 0 Å². The summed E-state index contributed by atoms with van der Waals surface area (Å²) < 4.78 is 28.7. The molecule has 9 heteroatoms. The molecule has 0 radical (unpaired) electrons. The third-order valence-electron chi connectivity index (χ3n) is 4.77. The maximum Gasteiger partial charge on any atom is 0.243 e. The number of halogens is 3. The molecule has 3 rings (SSSR count). The van der Waals surface area contributed by atoms with Crippen LogP contribution in [0, 0.1) is 0 Å². The minimum atomic E-state index is -3.97. The van der Waals surface area contributed by atoms with E-state index >= 15 is 0 Å². The number of hydrogen-bond donors (Lipinski definition) is 1. The van der Waals surface area contributed by atoms with Crippen LogP contribution >= 0.6 is 39.1 Å². The SMILES string of the molecule is CC(NC(=O)CN(Cc1cccc(Cl)c1)S(=O)(=O)c1ccc(Cl)cc1)c1ccc(Br)cc1. The third kappa shape index (κ3) is 6.56. The molecule has 1 amide bonds. The normalized spacial score (nSPS) is 12.5. The highest BCUT2D eigenvalue weighted by molar-refractivity contribution is 9.10. The van der Waals surface area contributed by atoms with Gasteiger partial charge >= 0.3 is 0 Å². The summed E-state index contributed by atoms with van der Waals surface area (Å²) in [5.41, 5.74) is 1.58. The van der Waals surface area contributed by atoms with E-state index in [1.807, 2.05) is 31.2 Å². The van der Waals surface area contributed by atoms with Gasteiger partial charge in [-0.3, -0.25) is 4.79 Å². The molecule has 0 aliphatic carbocycles. The summed E-state index contributed by atoms with van der Waals surface area (Å²) in [6.45, 7) is 1.49. The number of hydrogen-bond acceptors (Lipinski definition) is 3. The van der Waals surface area contributed by atoms with Crippen LogP contribution in [0.1, 0.15) is 24.1 Å². The van der Waals surface area contributed by atoms with Gasteiger partial charge in [-0.1, -0.05) is 63.4 Å². The fraction of sp³-hybridized carbons (Fsp3) is 0.174. The molecule has 3 aromatic rings. The Labute approximate surface area is 206 Å². The van der Waals surface area contributed by atoms with Gasteiger partial charge in [-0.2, -0.15) is 4.31 Å². The molecule has 0 fully saturated rings. The Hall–Kier alpha value is -1.90. The number of carbonyl (C=O) groups excluding carboxylic acids is 1. The fourth-order valence-electron chi connectivity index (χ4n) is 3.10. The lowest BCUT2D eigenvalue weighted by atomic mass is 10.1. The van der Waals surface area contributed by atoms with E-state index in [9.17, 15) is 13.2 Å². The molecule has 0 heterocycles. The number of sulfonamides is 1. The molecule has 1 atom stereocenters. The van der Waals surface area contributed by atoms with Crippen molar-refractivity contribution >= 4 is 55.1 Å². The van der Waals surface area contributed by atoms with Crippen LogP contribution < -0.4 is 5.32 Å². The van der Waals surface area contributed by atoms with Gasteiger partial charge < -0.3 is 5.32 Å². The van der Waals surface area contributed by atoms with Gasteiger partial charge in [0.2, 0.25) is 15.9 Å². The highest BCUT2D eigenvalue weighted by Crippen LogP contribution is 2.22. The van der Waals surface area contributed by atoms with E-state index in [-0.39, 0.29) is 24.0 Å². The van der Waals surface area contributed by atoms with Crippen LogP contribution in [0.4, 0.5) is 0 Å². The molecule has 0 aliphatic rings. The monoisotopic (exact) mass is 554 g/mol. The Kier molecular flexibility index (Phi) is 8.36. The van der Waals surface area contributed by atoms with Gasteiger partial charge in [0.05, 0.1) is 17.5 Å². The molecule has 0 saturated heterocycles. The van der Waals surface area contributed by atoms with Crippen LogP contribution in [-0.4, -0.2) is 25.2 Å². The lowest BCUT2D eigenvalue weighted by Crippen LogP contribution is -2.41. The van der Waals surface area contributed by atoms with Crippen molar-refractivity contribution in [1.29, 1.82) is 0 Å². The summed E-state index contributed by atoms with van der Waals surface area (Å²) in [4.78, 5) is 12.9. The second kappa shape index (κ2) is 10.8. The molecule has 168 valence electrons. The number of nitrogens with one attached hydrogen (secondary N) is 1. The van der Waals surface area contributed by atoms with E-state index in [1.54, 1.807) is 24.3 Å². The first-order chi connectivity index (χ1) is 15.1. The van der Waals surface area contributed by atoms with Crippen LogP contribution in [-0.2, 0) is 21.4 Å². The predicted octanol–water partition coefficient (Wildman–Crippen LogP) is 5.82. The van der Waals surface area contributed by atoms with Crippen LogP contribution in [0.25, 0.3) is 0 Å². The zero-order chi connectivity index (χ0) is 23.3. The average Bonchev–Trinajstić information content (AvgIpc) is 2.74. The summed E-state index contributed by atoms with van der Waals surface area (Å²) in [7, 11) is -3.97. The van der Waals surface area contributed by atoms with E-state index in [2.05, 4.69) is 21.2 Å². The van der Waals surface area contributed by atoms with E-state index < -0.39 is 15.9 Å². The van der Waals surface area contributed by atoms with E-state index in [0.29, 0.717) is 15.6 Å². The molecule has 0 aliphatic heterocycles. The summed E-state index contributed by atoms with van der Waals surface area (Å²) in [5.74, 6) is -0.417. The van der Waals surface area contributed by atoms with Crippen LogP contribution in [0.5, 0.6) is 0 Å². The number of amides is 1. The van der Waals surface area contributed by atoms with Crippen molar-refractivity contribution in [2.75, 3.05) is 6.54 Å². The third-order valence-corrected chi connectivity index (χ3v) is 7.59. The molecule has 0 spiro atoms. The molecule has 0 aromatic heterocycles. The van der Waals surface area contributed by atoms with Gasteiger partial charge in [0.1, 0.15) is 0 Å². The Morgan fingerprint density at radius 2 is 1.66 bits per heavy atom. The number of nitrogens with zero attached hydrogens (tertiary/aromatic N) is 1. The smallest absolute Gasteiger partial charge is 0.243 e. The second-order valence-corrected chi connectivity index (χ2v) is 10.9. The molecule has 1 N–H and O–H groups in total. The molecule has 0 saturated carbocycles. The molecule has 5 nitrogen and oxygen atoms in total. The first-order valence-corrected chi connectivity index (χ1v) is 12.7. The Balaban J connectivity index is 1.83. The topological polar surface area (TPSA) is 66.5 Å². The first-order valence-electron chi connectivity index (χ1n) is 9.70. The number of carbonyl (C=O) groups is 1. The lowest BCUT2D eigenvalue weighted by molar-refractivity contribution is -0.122. The Morgan fingerprint density at radius 1 is 1.00 bits per heavy atom. The minimum Gasteiger partial charge on any atom is -0.348 e. The fourth-order valence-corrected chi connectivity index (χ4v) is 5.09. The van der Waals surface area contributed by atoms with Crippen LogP contribution in [0.2, 0.25) is 10.0 Å². The van der Waals surface area contributed by atoms with Gasteiger partial charge in [-0.15, -0.1) is 0 Å². The summed E-state index contributed by atoms with van der Waals surface area (Å²) in [6.07, 6.45) is 0. The average molecular weight is 556 g/mol. The number of rotatable bonds is 8. The minimum absolute atomic E-state index is 0.00833. The van der Waals surface area contributed by atoms with Crippen molar-refractivity contribution in [3.63, 3.8) is 0 Å². The second-order valence-electron chi connectivity index (χ2n) is 7.20. The van der Waals surface area contributed by atoms with Crippen molar-refractivity contribution in [1.82, 2.24) is 9.62 Å². The Morgan fingerprint density at radius 3 is 2.28 bits per heavy atom. The maximum absolute atomic E-state index is 13.3. The van der Waals surface area contributed by atoms with Gasteiger partial charge in [0.15, 0.2) is 0 Å². The molecule has 1 unspecified atom stereocenters. The molecule has 0 bridgehead atoms. The van der Waals surface area contributed by atoms with Gasteiger partial charge in [-0.05, 0) is 66.6 Å². The predicted molar refractivity (Wildman–Crippen MR) is 131 cm³/mol. The van der Waals surface area contributed by atoms with Crippen molar-refractivity contribution < 1.29 is 13.2 Å². The molecular weight excluding hydrogens is 535 g/mol. The zero-order valence-electron chi connectivity index (χ0n) is 17.1. The standard InChI is InChI=1S/C23H21BrCl2N2O3S/c1-16(18-5-7-19(24)8-6-18)27-23(29)15-28(14-17-3-2-4-21(26)13-17)32(30,31)22-11-9-20(25)10-12-22/h2-13,16H,14-15H2,1H3,(H,27,29). The summed E-state index contributed by atoms with van der Waals surface area (Å²) >= 11 is 15.4. The van der Waals surface area contributed by atoms with E-state index in [1.165, 1.54) is 24.3 Å². The van der Waals surface area contributed by atoms with Crippen molar-refractivity contribution in [2.45, 2.75) is 24.4 Å². The zero-order valence-corrected chi connectivity index (χ0v) is 21.0. The van der Waals surface area contributed by atoms with Gasteiger partial charge in [0.25, 0.3) is 0 Å². The Bertz CT molecular complexity index is 1190. The number of benzene rings is 3. The van der Waals surface area contributed by atoms with E-state index in [4.69, 9.17) is 23.2 Å². The largest absolute Gasteiger partial charge is 0.348 e. The van der Waals surface area contributed by atoms with Gasteiger partial charge in [-0.25, -0.2) is 8.42 Å². The summed E-state index contributed by atoms with van der Waals surface area (Å²) in [6, 6.07) is 20.0. The molecule has 3 aromatic carbocycles.